The Morgan fingerprint density at radius 3 is 1.59 bits per heavy atom. The maximum atomic E-state index is 11.0. The number of allylic oxidation sites excluding steroid dienone is 1. The number of phosphoric acid groups is 1. The molecule has 0 aromatic heterocycles. The van der Waals surface area contributed by atoms with Crippen LogP contribution in [0, 0.1) is 11.3 Å². The predicted octanol–water partition coefficient (Wildman–Crippen LogP) is 5.15. The Balaban J connectivity index is 1.99. The lowest BCUT2D eigenvalue weighted by Crippen LogP contribution is -2.09. The van der Waals surface area contributed by atoms with Gasteiger partial charge < -0.3 is 18.9 Å². The van der Waals surface area contributed by atoms with Crippen LogP contribution in [-0.2, 0) is 9.09 Å². The second kappa shape index (κ2) is 10.0. The van der Waals surface area contributed by atoms with E-state index in [9.17, 15) is 4.57 Å². The molecule has 2 N–H and O–H groups in total. The van der Waals surface area contributed by atoms with Crippen LogP contribution in [0.1, 0.15) is 5.56 Å². The lowest BCUT2D eigenvalue weighted by atomic mass is 10.1. The second-order valence-corrected chi connectivity index (χ2v) is 7.69. The summed E-state index contributed by atoms with van der Waals surface area (Å²) in [7, 11) is -1.60. The van der Waals surface area contributed by atoms with E-state index in [2.05, 4.69) is 4.52 Å². The lowest BCUT2D eigenvalue weighted by Gasteiger charge is -2.26. The molecular weight excluding hydrogens is 431 g/mol. The van der Waals surface area contributed by atoms with Crippen molar-refractivity contribution in [2.24, 2.45) is 0 Å². The minimum atomic E-state index is -4.81. The van der Waals surface area contributed by atoms with Gasteiger partial charge in [-0.15, -0.1) is 0 Å². The van der Waals surface area contributed by atoms with E-state index < -0.39 is 13.6 Å². The number of nitrogens with zero attached hydrogens (tertiary/aromatic N) is 2. The molecule has 3 rings (SSSR count). The van der Waals surface area contributed by atoms with Gasteiger partial charge >= 0.3 is 7.82 Å². The van der Waals surface area contributed by atoms with Crippen LogP contribution >= 0.6 is 7.82 Å². The second-order valence-electron chi connectivity index (χ2n) is 6.53. The molecule has 8 nitrogen and oxygen atoms in total. The molecule has 0 unspecified atom stereocenters. The largest absolute Gasteiger partial charge is 0.525 e. The molecule has 0 aliphatic heterocycles. The van der Waals surface area contributed by atoms with Crippen LogP contribution in [0.2, 0.25) is 0 Å². The van der Waals surface area contributed by atoms with Gasteiger partial charge in [-0.1, -0.05) is 12.1 Å². The number of benzene rings is 3. The highest BCUT2D eigenvalue weighted by molar-refractivity contribution is 7.46. The monoisotopic (exact) mass is 452 g/mol. The Morgan fingerprint density at radius 2 is 1.25 bits per heavy atom. The Morgan fingerprint density at radius 1 is 0.844 bits per heavy atom. The molecule has 0 atom stereocenters. The molecule has 0 saturated heterocycles. The molecular formula is C23H21N2O6P. The third-order valence-electron chi connectivity index (χ3n) is 4.44. The topological polar surface area (TPSA) is 112 Å². The van der Waals surface area contributed by atoms with E-state index in [-0.39, 0.29) is 0 Å². The van der Waals surface area contributed by atoms with E-state index in [0.717, 1.165) is 28.6 Å². The Bertz CT molecular complexity index is 1120. The summed E-state index contributed by atoms with van der Waals surface area (Å²) in [6.07, 6.45) is 1.26. The normalized spacial score (nSPS) is 11.4. The van der Waals surface area contributed by atoms with Crippen LogP contribution in [0.25, 0.3) is 6.08 Å². The number of ether oxygens (including phenoxy) is 2. The smallest absolute Gasteiger partial charge is 0.497 e. The van der Waals surface area contributed by atoms with Crippen LogP contribution in [0.3, 0.4) is 0 Å². The van der Waals surface area contributed by atoms with Crippen molar-refractivity contribution in [2.75, 3.05) is 19.1 Å². The van der Waals surface area contributed by atoms with Crippen molar-refractivity contribution < 1.29 is 28.3 Å². The first-order valence-corrected chi connectivity index (χ1v) is 10.9. The van der Waals surface area contributed by atoms with Gasteiger partial charge in [0.25, 0.3) is 0 Å². The zero-order valence-electron chi connectivity index (χ0n) is 17.4. The molecule has 0 amide bonds. The van der Waals surface area contributed by atoms with Crippen molar-refractivity contribution in [3.8, 4) is 17.6 Å². The predicted molar refractivity (Wildman–Crippen MR) is 121 cm³/mol. The van der Waals surface area contributed by atoms with Gasteiger partial charge in [-0.25, -0.2) is 4.57 Å². The van der Waals surface area contributed by atoms with Crippen LogP contribution in [0.15, 0.2) is 78.6 Å². The van der Waals surface area contributed by atoms with E-state index >= 15 is 0 Å². The summed E-state index contributed by atoms with van der Waals surface area (Å²) in [6, 6.07) is 23.9. The number of rotatable bonds is 8. The maximum Gasteiger partial charge on any atom is 0.525 e. The van der Waals surface area contributed by atoms with Gasteiger partial charge in [-0.05, 0) is 72.3 Å². The summed E-state index contributed by atoms with van der Waals surface area (Å²) in [5, 5.41) is 9.06. The van der Waals surface area contributed by atoms with Crippen molar-refractivity contribution in [2.45, 2.75) is 0 Å². The van der Waals surface area contributed by atoms with E-state index in [1.807, 2.05) is 65.6 Å². The Labute approximate surface area is 185 Å². The van der Waals surface area contributed by atoms with Crippen molar-refractivity contribution in [3.05, 3.63) is 84.1 Å². The summed E-state index contributed by atoms with van der Waals surface area (Å²) >= 11 is 0. The SMILES string of the molecule is COc1ccc(N(c2ccc(C=C(C#N)OP(=O)(O)O)cc2)c2ccc(OC)cc2)cc1. The van der Waals surface area contributed by atoms with Crippen LogP contribution < -0.4 is 14.4 Å². The molecule has 3 aromatic rings. The number of phosphoric ester groups is 1. The minimum Gasteiger partial charge on any atom is -0.497 e. The van der Waals surface area contributed by atoms with E-state index in [4.69, 9.17) is 24.5 Å². The third kappa shape index (κ3) is 5.90. The summed E-state index contributed by atoms with van der Waals surface area (Å²) in [5.74, 6) is 0.990. The third-order valence-corrected chi connectivity index (χ3v) is 4.87. The average Bonchev–Trinajstić information content (AvgIpc) is 2.80. The fourth-order valence-corrected chi connectivity index (χ4v) is 3.34. The highest BCUT2D eigenvalue weighted by atomic mass is 31.2. The minimum absolute atomic E-state index is 0.478. The number of nitriles is 1. The van der Waals surface area contributed by atoms with Crippen LogP contribution in [-0.4, -0.2) is 24.0 Å². The number of methoxy groups -OCH3 is 2. The van der Waals surface area contributed by atoms with E-state index in [1.165, 1.54) is 6.08 Å². The number of anilines is 3. The quantitative estimate of drug-likeness (QED) is 0.274. The van der Waals surface area contributed by atoms with Crippen molar-refractivity contribution >= 4 is 31.0 Å². The fraction of sp³-hybridized carbons (Fsp3) is 0.0870. The van der Waals surface area contributed by atoms with Crippen LogP contribution in [0.5, 0.6) is 11.5 Å². The molecule has 3 aromatic carbocycles. The molecule has 0 heterocycles. The molecule has 164 valence electrons. The molecule has 9 heteroatoms. The molecule has 0 spiro atoms. The molecule has 0 bridgehead atoms. The summed E-state index contributed by atoms with van der Waals surface area (Å²) < 4.78 is 25.9. The number of hydrogen-bond acceptors (Lipinski definition) is 6. The fourth-order valence-electron chi connectivity index (χ4n) is 2.99. The van der Waals surface area contributed by atoms with E-state index in [1.54, 1.807) is 32.4 Å². The van der Waals surface area contributed by atoms with Gasteiger partial charge in [-0.3, -0.25) is 9.79 Å². The van der Waals surface area contributed by atoms with Gasteiger partial charge in [0, 0.05) is 17.1 Å². The highest BCUT2D eigenvalue weighted by Gasteiger charge is 2.18. The summed E-state index contributed by atoms with van der Waals surface area (Å²) in [4.78, 5) is 19.8. The average molecular weight is 452 g/mol. The van der Waals surface area contributed by atoms with E-state index in [0.29, 0.717) is 5.56 Å². The molecule has 0 radical (unpaired) electrons. The Hall–Kier alpha value is -3.76. The standard InChI is InChI=1S/C23H21N2O6P/c1-29-21-11-7-19(8-12-21)25(20-9-13-22(30-2)14-10-20)18-5-3-17(4-6-18)15-23(16-24)31-32(26,27)28/h3-15H,1-2H3,(H2,26,27,28). The van der Waals surface area contributed by atoms with Gasteiger partial charge in [0.2, 0.25) is 5.76 Å². The van der Waals surface area contributed by atoms with Crippen molar-refractivity contribution in [1.82, 2.24) is 0 Å². The Kier molecular flexibility index (Phi) is 7.18. The van der Waals surface area contributed by atoms with Crippen molar-refractivity contribution in [1.29, 1.82) is 5.26 Å². The maximum absolute atomic E-state index is 11.0. The molecule has 0 aliphatic carbocycles. The van der Waals surface area contributed by atoms with Gasteiger partial charge in [-0.2, -0.15) is 5.26 Å². The van der Waals surface area contributed by atoms with Crippen LogP contribution in [0.4, 0.5) is 17.1 Å². The first-order chi connectivity index (χ1) is 15.3. The molecule has 0 saturated carbocycles. The molecule has 32 heavy (non-hydrogen) atoms. The summed E-state index contributed by atoms with van der Waals surface area (Å²) in [5.41, 5.74) is 3.15. The summed E-state index contributed by atoms with van der Waals surface area (Å²) in [6.45, 7) is 0. The van der Waals surface area contributed by atoms with Gasteiger partial charge in [0.1, 0.15) is 17.6 Å². The zero-order valence-corrected chi connectivity index (χ0v) is 18.3. The first kappa shape index (κ1) is 22.9. The van der Waals surface area contributed by atoms with Gasteiger partial charge in [0.05, 0.1) is 14.2 Å². The first-order valence-electron chi connectivity index (χ1n) is 9.38. The zero-order chi connectivity index (χ0) is 23.1. The molecule has 0 fully saturated rings. The van der Waals surface area contributed by atoms with Crippen molar-refractivity contribution in [3.63, 3.8) is 0 Å². The molecule has 0 aliphatic rings. The lowest BCUT2D eigenvalue weighted by molar-refractivity contribution is 0.250. The van der Waals surface area contributed by atoms with Gasteiger partial charge in [0.15, 0.2) is 0 Å². The number of hydrogen-bond donors (Lipinski definition) is 2. The highest BCUT2D eigenvalue weighted by Crippen LogP contribution is 2.39.